The summed E-state index contributed by atoms with van der Waals surface area (Å²) in [7, 11) is -0.359. The first-order chi connectivity index (χ1) is 8.63. The van der Waals surface area contributed by atoms with Gasteiger partial charge in [0.05, 0.1) is 6.61 Å². The van der Waals surface area contributed by atoms with Crippen LogP contribution in [0.4, 0.5) is 0 Å². The second kappa shape index (κ2) is 7.67. The molecule has 18 heavy (non-hydrogen) atoms. The van der Waals surface area contributed by atoms with E-state index in [9.17, 15) is 4.57 Å². The Bertz CT molecular complexity index is 377. The minimum absolute atomic E-state index is 0.000260. The van der Waals surface area contributed by atoms with Crippen molar-refractivity contribution in [2.75, 3.05) is 33.7 Å². The number of hydrogen-bond donors (Lipinski definition) is 1. The topological polar surface area (TPSA) is 59.0 Å². The summed E-state index contributed by atoms with van der Waals surface area (Å²) in [4.78, 5) is 1.85. The number of nitrogens with zero attached hydrogens (tertiary/aromatic N) is 1. The molecular formula is C12H20NO4P. The van der Waals surface area contributed by atoms with Crippen LogP contribution >= 0.6 is 7.60 Å². The normalized spacial score (nSPS) is 12.0. The van der Waals surface area contributed by atoms with Gasteiger partial charge in [-0.3, -0.25) is 9.46 Å². The van der Waals surface area contributed by atoms with Crippen molar-refractivity contribution in [1.82, 2.24) is 4.90 Å². The van der Waals surface area contributed by atoms with Crippen molar-refractivity contribution in [3.05, 3.63) is 35.9 Å². The van der Waals surface area contributed by atoms with Crippen molar-refractivity contribution in [3.8, 4) is 0 Å². The Balaban J connectivity index is 2.68. The van der Waals surface area contributed by atoms with E-state index >= 15 is 0 Å². The molecule has 1 aromatic rings. The van der Waals surface area contributed by atoms with Gasteiger partial charge in [-0.2, -0.15) is 0 Å². The van der Waals surface area contributed by atoms with Crippen LogP contribution < -0.4 is 0 Å². The van der Waals surface area contributed by atoms with Gasteiger partial charge in [-0.25, -0.2) is 0 Å². The largest absolute Gasteiger partial charge is 0.395 e. The van der Waals surface area contributed by atoms with Crippen molar-refractivity contribution >= 4 is 7.60 Å². The van der Waals surface area contributed by atoms with Gasteiger partial charge in [-0.15, -0.1) is 0 Å². The van der Waals surface area contributed by atoms with Crippen LogP contribution in [-0.4, -0.2) is 43.7 Å². The van der Waals surface area contributed by atoms with Crippen molar-refractivity contribution in [2.45, 2.75) is 6.54 Å². The molecule has 0 aliphatic carbocycles. The maximum atomic E-state index is 12.1. The zero-order chi connectivity index (χ0) is 13.4. The fraction of sp³-hybridized carbons (Fsp3) is 0.500. The zero-order valence-electron chi connectivity index (χ0n) is 10.8. The summed E-state index contributed by atoms with van der Waals surface area (Å²) in [5, 5.41) is 9.04. The summed E-state index contributed by atoms with van der Waals surface area (Å²) in [5.41, 5.74) is 1.09. The molecule has 102 valence electrons. The zero-order valence-corrected chi connectivity index (χ0v) is 11.7. The van der Waals surface area contributed by atoms with E-state index in [-0.39, 0.29) is 12.9 Å². The van der Waals surface area contributed by atoms with Crippen LogP contribution in [-0.2, 0) is 20.2 Å². The molecule has 1 rings (SSSR count). The molecule has 0 aromatic heterocycles. The average Bonchev–Trinajstić information content (AvgIpc) is 2.40. The Kier molecular flexibility index (Phi) is 6.54. The molecule has 0 radical (unpaired) electrons. The van der Waals surface area contributed by atoms with E-state index in [2.05, 4.69) is 0 Å². The molecule has 0 aliphatic heterocycles. The third kappa shape index (κ3) is 4.88. The molecule has 0 amide bonds. The molecule has 1 aromatic carbocycles. The second-order valence-corrected chi connectivity index (χ2v) is 6.11. The van der Waals surface area contributed by atoms with Gasteiger partial charge in [-0.05, 0) is 5.56 Å². The molecule has 0 bridgehead atoms. The first-order valence-corrected chi connectivity index (χ1v) is 7.44. The maximum Gasteiger partial charge on any atom is 0.344 e. The fourth-order valence-electron chi connectivity index (χ4n) is 1.62. The highest BCUT2D eigenvalue weighted by Gasteiger charge is 2.24. The van der Waals surface area contributed by atoms with Gasteiger partial charge in [0, 0.05) is 27.3 Å². The van der Waals surface area contributed by atoms with Crippen LogP contribution in [0.15, 0.2) is 30.3 Å². The van der Waals surface area contributed by atoms with Gasteiger partial charge in [-0.1, -0.05) is 30.3 Å². The molecule has 1 N–H and O–H groups in total. The Labute approximate surface area is 108 Å². The summed E-state index contributed by atoms with van der Waals surface area (Å²) in [6, 6.07) is 9.79. The van der Waals surface area contributed by atoms with Gasteiger partial charge >= 0.3 is 7.60 Å². The standard InChI is InChI=1S/C12H20NO4P/c1-16-18(15,17-2)11-13(8-9-14)10-12-6-4-3-5-7-12/h3-7,14H,8-11H2,1-2H3. The molecule has 0 atom stereocenters. The first kappa shape index (κ1) is 15.3. The highest BCUT2D eigenvalue weighted by atomic mass is 31.2. The van der Waals surface area contributed by atoms with Gasteiger partial charge in [0.1, 0.15) is 6.29 Å². The van der Waals surface area contributed by atoms with E-state index in [1.54, 1.807) is 0 Å². The third-order valence-electron chi connectivity index (χ3n) is 2.59. The van der Waals surface area contributed by atoms with Crippen LogP contribution in [0, 0.1) is 0 Å². The van der Waals surface area contributed by atoms with Crippen molar-refractivity contribution in [3.63, 3.8) is 0 Å². The highest BCUT2D eigenvalue weighted by Crippen LogP contribution is 2.46. The minimum Gasteiger partial charge on any atom is -0.395 e. The lowest BCUT2D eigenvalue weighted by Gasteiger charge is -2.24. The SMILES string of the molecule is COP(=O)(CN(CCO)Cc1ccccc1)OC. The molecule has 0 saturated heterocycles. The van der Waals surface area contributed by atoms with Crippen LogP contribution in [0.3, 0.4) is 0 Å². The summed E-state index contributed by atoms with van der Waals surface area (Å²) in [6.45, 7) is 1.02. The molecule has 0 heterocycles. The van der Waals surface area contributed by atoms with E-state index < -0.39 is 7.60 Å². The summed E-state index contributed by atoms with van der Waals surface area (Å²) in [5.74, 6) is 0. The molecule has 0 fully saturated rings. The van der Waals surface area contributed by atoms with E-state index in [1.807, 2.05) is 35.2 Å². The van der Waals surface area contributed by atoms with Crippen LogP contribution in [0.5, 0.6) is 0 Å². The fourth-order valence-corrected chi connectivity index (χ4v) is 2.73. The highest BCUT2D eigenvalue weighted by molar-refractivity contribution is 7.53. The van der Waals surface area contributed by atoms with Gasteiger partial charge < -0.3 is 14.2 Å². The quantitative estimate of drug-likeness (QED) is 0.733. The van der Waals surface area contributed by atoms with Gasteiger partial charge in [0.2, 0.25) is 0 Å². The van der Waals surface area contributed by atoms with Crippen LogP contribution in [0.25, 0.3) is 0 Å². The second-order valence-electron chi connectivity index (χ2n) is 3.88. The predicted octanol–water partition coefficient (Wildman–Crippen LogP) is 1.92. The van der Waals surface area contributed by atoms with Crippen LogP contribution in [0.2, 0.25) is 0 Å². The summed E-state index contributed by atoms with van der Waals surface area (Å²) in [6.07, 6.45) is 0.162. The van der Waals surface area contributed by atoms with E-state index in [0.717, 1.165) is 5.56 Å². The molecule has 5 nitrogen and oxygen atoms in total. The maximum absolute atomic E-state index is 12.1. The number of hydrogen-bond acceptors (Lipinski definition) is 5. The van der Waals surface area contributed by atoms with E-state index in [1.165, 1.54) is 14.2 Å². The number of rotatable bonds is 8. The van der Waals surface area contributed by atoms with E-state index in [0.29, 0.717) is 13.1 Å². The number of aliphatic hydroxyl groups excluding tert-OH is 1. The number of aliphatic hydroxyl groups is 1. The van der Waals surface area contributed by atoms with Crippen molar-refractivity contribution in [1.29, 1.82) is 0 Å². The van der Waals surface area contributed by atoms with Crippen molar-refractivity contribution in [2.24, 2.45) is 0 Å². The lowest BCUT2D eigenvalue weighted by Crippen LogP contribution is -2.28. The van der Waals surface area contributed by atoms with Gasteiger partial charge in [0.15, 0.2) is 0 Å². The van der Waals surface area contributed by atoms with Gasteiger partial charge in [0.25, 0.3) is 0 Å². The lowest BCUT2D eigenvalue weighted by molar-refractivity contribution is 0.189. The lowest BCUT2D eigenvalue weighted by atomic mass is 10.2. The molecule has 0 saturated carbocycles. The van der Waals surface area contributed by atoms with Crippen LogP contribution in [0.1, 0.15) is 5.56 Å². The predicted molar refractivity (Wildman–Crippen MR) is 70.4 cm³/mol. The number of benzene rings is 1. The Morgan fingerprint density at radius 3 is 2.33 bits per heavy atom. The minimum atomic E-state index is -3.09. The first-order valence-electron chi connectivity index (χ1n) is 5.71. The summed E-state index contributed by atoms with van der Waals surface area (Å²) < 4.78 is 21.9. The Morgan fingerprint density at radius 2 is 1.83 bits per heavy atom. The van der Waals surface area contributed by atoms with Crippen molar-refractivity contribution < 1.29 is 18.7 Å². The molecular weight excluding hydrogens is 253 g/mol. The molecule has 0 unspecified atom stereocenters. The molecule has 0 aliphatic rings. The molecule has 6 heteroatoms. The Hall–Kier alpha value is -0.710. The molecule has 0 spiro atoms. The summed E-state index contributed by atoms with van der Waals surface area (Å²) >= 11 is 0. The Morgan fingerprint density at radius 1 is 1.22 bits per heavy atom. The monoisotopic (exact) mass is 273 g/mol. The average molecular weight is 273 g/mol. The third-order valence-corrected chi connectivity index (χ3v) is 4.45. The van der Waals surface area contributed by atoms with E-state index in [4.69, 9.17) is 14.2 Å². The smallest absolute Gasteiger partial charge is 0.344 e.